The number of nitrogens with zero attached hydrogens (tertiary/aromatic N) is 2. The van der Waals surface area contributed by atoms with E-state index >= 15 is 0 Å². The van der Waals surface area contributed by atoms with Crippen LogP contribution in [0, 0.1) is 0 Å². The van der Waals surface area contributed by atoms with Crippen LogP contribution in [0.3, 0.4) is 0 Å². The number of aryl methyl sites for hydroxylation is 1. The summed E-state index contributed by atoms with van der Waals surface area (Å²) >= 11 is 0. The first-order valence-corrected chi connectivity index (χ1v) is 12.7. The van der Waals surface area contributed by atoms with E-state index in [9.17, 15) is 0 Å². The summed E-state index contributed by atoms with van der Waals surface area (Å²) in [5.41, 5.74) is 2.55. The highest BCUT2D eigenvalue weighted by Crippen LogP contribution is 2.34. The predicted molar refractivity (Wildman–Crippen MR) is 135 cm³/mol. The Bertz CT molecular complexity index is 575. The van der Waals surface area contributed by atoms with Gasteiger partial charge in [0.1, 0.15) is 0 Å². The van der Waals surface area contributed by atoms with E-state index in [1.165, 1.54) is 68.9 Å². The summed E-state index contributed by atoms with van der Waals surface area (Å²) in [6.45, 7) is 8.21. The van der Waals surface area contributed by atoms with Crippen molar-refractivity contribution in [2.24, 2.45) is 0 Å². The number of benzene rings is 1. The molecule has 31 heavy (non-hydrogen) atoms. The van der Waals surface area contributed by atoms with Gasteiger partial charge in [-0.2, -0.15) is 0 Å². The van der Waals surface area contributed by atoms with Crippen molar-refractivity contribution in [2.75, 3.05) is 47.9 Å². The first kappa shape index (κ1) is 27.8. The zero-order valence-electron chi connectivity index (χ0n) is 21.5. The maximum atomic E-state index is 6.30. The van der Waals surface area contributed by atoms with E-state index in [4.69, 9.17) is 9.47 Å². The molecule has 0 radical (unpaired) electrons. The van der Waals surface area contributed by atoms with E-state index in [0.29, 0.717) is 0 Å². The Hall–Kier alpha value is -1.26. The van der Waals surface area contributed by atoms with Gasteiger partial charge in [-0.1, -0.05) is 77.7 Å². The molecule has 0 aliphatic rings. The third-order valence-corrected chi connectivity index (χ3v) is 5.93. The standard InChI is InChI=1S/C27H50N2O2/c1-7-9-10-11-12-13-14-15-16-17-20-31-27-25(23-29(5)19-18-28(3)4)21-24(8-2)22-26(27)30-6/h21-22H,7-20,23H2,1-6H3. The molecule has 0 aromatic heterocycles. The second-order valence-electron chi connectivity index (χ2n) is 9.21. The maximum absolute atomic E-state index is 6.30. The molecule has 0 atom stereocenters. The lowest BCUT2D eigenvalue weighted by Gasteiger charge is -2.22. The van der Waals surface area contributed by atoms with Crippen LogP contribution in [-0.4, -0.2) is 57.7 Å². The zero-order valence-corrected chi connectivity index (χ0v) is 21.5. The molecule has 1 aromatic carbocycles. The summed E-state index contributed by atoms with van der Waals surface area (Å²) in [4.78, 5) is 4.59. The lowest BCUT2D eigenvalue weighted by molar-refractivity contribution is 0.257. The lowest BCUT2D eigenvalue weighted by atomic mass is 10.1. The molecule has 1 aromatic rings. The normalized spacial score (nSPS) is 11.5. The van der Waals surface area contributed by atoms with E-state index in [1.54, 1.807) is 7.11 Å². The molecule has 4 heteroatoms. The SMILES string of the molecule is CCCCCCCCCCCCOc1c(CN(C)CCN(C)C)cc(CC)cc1OC. The minimum atomic E-state index is 0.771. The third-order valence-electron chi connectivity index (χ3n) is 5.93. The van der Waals surface area contributed by atoms with Crippen molar-refractivity contribution in [3.05, 3.63) is 23.3 Å². The molecule has 0 unspecified atom stereocenters. The van der Waals surface area contributed by atoms with Gasteiger partial charge in [0.2, 0.25) is 0 Å². The monoisotopic (exact) mass is 434 g/mol. The third kappa shape index (κ3) is 12.4. The molecule has 0 saturated heterocycles. The van der Waals surface area contributed by atoms with E-state index in [-0.39, 0.29) is 0 Å². The van der Waals surface area contributed by atoms with Crippen LogP contribution in [0.4, 0.5) is 0 Å². The average molecular weight is 435 g/mol. The highest BCUT2D eigenvalue weighted by Gasteiger charge is 2.15. The van der Waals surface area contributed by atoms with Gasteiger partial charge < -0.3 is 19.3 Å². The molecule has 0 heterocycles. The van der Waals surface area contributed by atoms with Crippen molar-refractivity contribution in [1.82, 2.24) is 9.80 Å². The highest BCUT2D eigenvalue weighted by molar-refractivity contribution is 5.49. The van der Waals surface area contributed by atoms with E-state index in [1.807, 2.05) is 0 Å². The number of hydrogen-bond donors (Lipinski definition) is 0. The van der Waals surface area contributed by atoms with Crippen LogP contribution in [0.5, 0.6) is 11.5 Å². The van der Waals surface area contributed by atoms with Crippen LogP contribution in [0.15, 0.2) is 12.1 Å². The van der Waals surface area contributed by atoms with Gasteiger partial charge in [0.05, 0.1) is 13.7 Å². The van der Waals surface area contributed by atoms with Gasteiger partial charge in [0.15, 0.2) is 11.5 Å². The fraction of sp³-hybridized carbons (Fsp3) is 0.778. The van der Waals surface area contributed by atoms with Crippen molar-refractivity contribution in [1.29, 1.82) is 0 Å². The first-order valence-electron chi connectivity index (χ1n) is 12.7. The number of likely N-dealkylation sites (N-methyl/N-ethyl adjacent to an activating group) is 2. The summed E-state index contributed by atoms with van der Waals surface area (Å²) in [7, 11) is 8.17. The quantitative estimate of drug-likeness (QED) is 0.230. The topological polar surface area (TPSA) is 24.9 Å². The Morgan fingerprint density at radius 3 is 1.94 bits per heavy atom. The maximum Gasteiger partial charge on any atom is 0.165 e. The minimum absolute atomic E-state index is 0.771. The summed E-state index contributed by atoms with van der Waals surface area (Å²) in [6.07, 6.45) is 14.4. The van der Waals surface area contributed by atoms with Gasteiger partial charge in [0, 0.05) is 25.2 Å². The molecule has 0 amide bonds. The molecule has 1 rings (SSSR count). The van der Waals surface area contributed by atoms with Crippen molar-refractivity contribution < 1.29 is 9.47 Å². The summed E-state index contributed by atoms with van der Waals surface area (Å²) < 4.78 is 12.0. The average Bonchev–Trinajstić information content (AvgIpc) is 2.76. The Morgan fingerprint density at radius 2 is 1.39 bits per heavy atom. The van der Waals surface area contributed by atoms with Crippen LogP contribution in [0.2, 0.25) is 0 Å². The number of unbranched alkanes of at least 4 members (excludes halogenated alkanes) is 9. The molecule has 0 saturated carbocycles. The van der Waals surface area contributed by atoms with Crippen molar-refractivity contribution in [3.63, 3.8) is 0 Å². The molecular formula is C27H50N2O2. The van der Waals surface area contributed by atoms with E-state index in [2.05, 4.69) is 56.9 Å². The van der Waals surface area contributed by atoms with Gasteiger partial charge in [-0.3, -0.25) is 0 Å². The highest BCUT2D eigenvalue weighted by atomic mass is 16.5. The van der Waals surface area contributed by atoms with E-state index < -0.39 is 0 Å². The molecule has 0 bridgehead atoms. The Balaban J connectivity index is 2.49. The van der Waals surface area contributed by atoms with Gasteiger partial charge in [-0.25, -0.2) is 0 Å². The van der Waals surface area contributed by atoms with Crippen LogP contribution in [-0.2, 0) is 13.0 Å². The fourth-order valence-corrected chi connectivity index (χ4v) is 3.86. The number of ether oxygens (including phenoxy) is 2. The van der Waals surface area contributed by atoms with Crippen molar-refractivity contribution in [2.45, 2.75) is 91.0 Å². The van der Waals surface area contributed by atoms with Crippen LogP contribution in [0.25, 0.3) is 0 Å². The second-order valence-corrected chi connectivity index (χ2v) is 9.21. The van der Waals surface area contributed by atoms with Crippen molar-refractivity contribution in [3.8, 4) is 11.5 Å². The largest absolute Gasteiger partial charge is 0.493 e. The summed E-state index contributed by atoms with van der Waals surface area (Å²) in [5, 5.41) is 0. The fourth-order valence-electron chi connectivity index (χ4n) is 3.86. The van der Waals surface area contributed by atoms with Gasteiger partial charge in [-0.05, 0) is 45.6 Å². The molecule has 0 N–H and O–H groups in total. The number of methoxy groups -OCH3 is 1. The van der Waals surface area contributed by atoms with E-state index in [0.717, 1.165) is 50.6 Å². The Kier molecular flexibility index (Phi) is 15.5. The molecule has 0 fully saturated rings. The van der Waals surface area contributed by atoms with Crippen LogP contribution < -0.4 is 9.47 Å². The molecule has 0 aliphatic heterocycles. The molecule has 0 aliphatic carbocycles. The Labute approximate surface area is 193 Å². The van der Waals surface area contributed by atoms with Crippen molar-refractivity contribution >= 4 is 0 Å². The number of hydrogen-bond acceptors (Lipinski definition) is 4. The summed E-state index contributed by atoms with van der Waals surface area (Å²) in [6, 6.07) is 4.43. The minimum Gasteiger partial charge on any atom is -0.493 e. The lowest BCUT2D eigenvalue weighted by Crippen LogP contribution is -2.28. The van der Waals surface area contributed by atoms with Gasteiger partial charge in [-0.15, -0.1) is 0 Å². The number of rotatable bonds is 19. The van der Waals surface area contributed by atoms with Crippen LogP contribution in [0.1, 0.15) is 89.2 Å². The molecular weight excluding hydrogens is 384 g/mol. The first-order chi connectivity index (χ1) is 15.0. The van der Waals surface area contributed by atoms with Gasteiger partial charge in [0.25, 0.3) is 0 Å². The predicted octanol–water partition coefficient (Wildman–Crippen LogP) is 6.55. The zero-order chi connectivity index (χ0) is 22.9. The van der Waals surface area contributed by atoms with Crippen LogP contribution >= 0.6 is 0 Å². The summed E-state index contributed by atoms with van der Waals surface area (Å²) in [5.74, 6) is 1.81. The second kappa shape index (κ2) is 17.3. The van der Waals surface area contributed by atoms with Gasteiger partial charge >= 0.3 is 0 Å². The smallest absolute Gasteiger partial charge is 0.165 e. The molecule has 4 nitrogen and oxygen atoms in total. The Morgan fingerprint density at radius 1 is 0.774 bits per heavy atom. The molecule has 0 spiro atoms. The molecule has 180 valence electrons.